The van der Waals surface area contributed by atoms with Crippen molar-refractivity contribution in [3.8, 4) is 6.07 Å². The minimum Gasteiger partial charge on any atom is -0.247 e. The van der Waals surface area contributed by atoms with Crippen molar-refractivity contribution in [1.29, 1.82) is 10.7 Å². The van der Waals surface area contributed by atoms with Gasteiger partial charge in [-0.1, -0.05) is 23.2 Å². The van der Waals surface area contributed by atoms with Crippen LogP contribution in [0.4, 0.5) is 32.0 Å². The topological polar surface area (TPSA) is 76.7 Å². The molecule has 26 heavy (non-hydrogen) atoms. The van der Waals surface area contributed by atoms with Gasteiger partial charge in [-0.05, 0) is 16.1 Å². The average molecular weight is 438 g/mol. The summed E-state index contributed by atoms with van der Waals surface area (Å²) in [5.41, 5.74) is -6.37. The second-order valence-electron chi connectivity index (χ2n) is 4.76. The minimum absolute atomic E-state index is 0.287. The molecule has 1 heterocycles. The smallest absolute Gasteiger partial charge is 0.247 e. The molecule has 2 N–H and O–H groups in total. The fraction of sp³-hybridized carbons (Fsp3) is 0.167. The highest BCUT2D eigenvalue weighted by molar-refractivity contribution is 7.86. The second kappa shape index (κ2) is 6.41. The molecule has 0 saturated carbocycles. The number of hydrogen-bond acceptors (Lipinski definition) is 4. The van der Waals surface area contributed by atoms with E-state index in [0.29, 0.717) is 6.08 Å². The molecule has 0 aliphatic carbocycles. The summed E-state index contributed by atoms with van der Waals surface area (Å²) in [6, 6.07) is 2.00. The van der Waals surface area contributed by atoms with Crippen LogP contribution in [0.25, 0.3) is 0 Å². The zero-order valence-electron chi connectivity index (χ0n) is 12.0. The van der Waals surface area contributed by atoms with Crippen molar-refractivity contribution in [3.05, 3.63) is 39.5 Å². The van der Waals surface area contributed by atoms with Crippen LogP contribution >= 0.6 is 23.2 Å². The molecule has 0 fully saturated rings. The second-order valence-corrected chi connectivity index (χ2v) is 7.08. The quantitative estimate of drug-likeness (QED) is 0.531. The van der Waals surface area contributed by atoms with E-state index in [1.165, 1.54) is 6.07 Å². The molecular weight excluding hydrogens is 433 g/mol. The number of alkyl halides is 6. The van der Waals surface area contributed by atoms with Gasteiger partial charge in [-0.15, -0.1) is 0 Å². The molecule has 0 amide bonds. The van der Waals surface area contributed by atoms with Gasteiger partial charge >= 0.3 is 22.7 Å². The minimum atomic E-state index is -5.42. The van der Waals surface area contributed by atoms with Crippen LogP contribution < -0.4 is 9.42 Å². The first-order chi connectivity index (χ1) is 11.7. The van der Waals surface area contributed by atoms with E-state index in [2.05, 4.69) is 0 Å². The maximum absolute atomic E-state index is 13.1. The number of benzene rings is 1. The Bertz CT molecular complexity index is 868. The van der Waals surface area contributed by atoms with Gasteiger partial charge in [-0.25, -0.2) is 10.8 Å². The van der Waals surface area contributed by atoms with Gasteiger partial charge in [0.25, 0.3) is 5.84 Å². The summed E-state index contributed by atoms with van der Waals surface area (Å²) >= 11 is 11.4. The largest absolute Gasteiger partial charge is 0.527 e. The van der Waals surface area contributed by atoms with E-state index in [4.69, 9.17) is 33.9 Å². The molecule has 2 atom stereocenters. The molecule has 1 aromatic carbocycles. The molecule has 0 spiro atoms. The molecule has 0 bridgehead atoms. The molecule has 5 nitrogen and oxygen atoms in total. The molecule has 2 unspecified atom stereocenters. The van der Waals surface area contributed by atoms with Crippen molar-refractivity contribution < 1.29 is 30.6 Å². The van der Waals surface area contributed by atoms with Crippen LogP contribution in [0, 0.1) is 16.7 Å². The van der Waals surface area contributed by atoms with Crippen LogP contribution in [-0.4, -0.2) is 15.6 Å². The first-order valence-corrected chi connectivity index (χ1v) is 8.05. The third kappa shape index (κ3) is 3.27. The van der Waals surface area contributed by atoms with Crippen LogP contribution in [-0.2, 0) is 17.2 Å². The third-order valence-corrected chi connectivity index (χ3v) is 5.06. The highest BCUT2D eigenvalue weighted by Crippen LogP contribution is 2.46. The molecule has 1 aromatic rings. The van der Waals surface area contributed by atoms with Gasteiger partial charge in [-0.2, -0.15) is 35.8 Å². The Balaban J connectivity index is 2.81. The van der Waals surface area contributed by atoms with Gasteiger partial charge in [0.2, 0.25) is 5.69 Å². The Kier molecular flexibility index (Phi) is 5.06. The Morgan fingerprint density at radius 3 is 2.00 bits per heavy atom. The molecule has 0 aromatic heterocycles. The Labute approximate surface area is 154 Å². The Morgan fingerprint density at radius 2 is 1.65 bits per heavy atom. The van der Waals surface area contributed by atoms with Gasteiger partial charge < -0.3 is 0 Å². The molecule has 0 radical (unpaired) electrons. The van der Waals surface area contributed by atoms with Crippen molar-refractivity contribution >= 4 is 45.7 Å². The number of rotatable bonds is 2. The lowest BCUT2D eigenvalue weighted by Crippen LogP contribution is -2.63. The predicted octanol–water partition coefficient (Wildman–Crippen LogP) is 4.41. The predicted molar refractivity (Wildman–Crippen MR) is 82.0 cm³/mol. The number of hydrogen-bond donors (Lipinski definition) is 2. The summed E-state index contributed by atoms with van der Waals surface area (Å²) in [6.07, 6.45) is -4.27. The molecule has 140 valence electrons. The van der Waals surface area contributed by atoms with Crippen LogP contribution in [0.3, 0.4) is 0 Å². The standard InChI is InChI=1S/C12H5Cl2F6N4OS/c13-7-1-5(11(15,16)17)2-8(14)10(7)24(26(25)12(18,19)20)9(22)3-6(4-21)23-24/h1-3,22-23H/q+1. The molecule has 1 aliphatic heterocycles. The van der Waals surface area contributed by atoms with Crippen molar-refractivity contribution in [2.45, 2.75) is 11.7 Å². The number of amidine groups is 1. The van der Waals surface area contributed by atoms with Crippen molar-refractivity contribution in [3.63, 3.8) is 0 Å². The van der Waals surface area contributed by atoms with E-state index in [0.717, 1.165) is 0 Å². The molecule has 2 rings (SSSR count). The zero-order chi connectivity index (χ0) is 20.1. The summed E-state index contributed by atoms with van der Waals surface area (Å²) in [7, 11) is -3.97. The SMILES string of the molecule is N#CC1=CC(=N)[N+](c2c(Cl)cc(C(F)(F)F)cc2Cl)(S(=O)C(F)(F)F)N1. The normalized spacial score (nSPS) is 21.8. The van der Waals surface area contributed by atoms with Gasteiger partial charge in [0.1, 0.15) is 16.1 Å². The van der Waals surface area contributed by atoms with Crippen molar-refractivity contribution in [2.24, 2.45) is 0 Å². The van der Waals surface area contributed by atoms with Crippen molar-refractivity contribution in [2.75, 3.05) is 0 Å². The number of quaternary nitrogens is 1. The fourth-order valence-corrected chi connectivity index (χ4v) is 4.05. The number of nitrogens with one attached hydrogen (secondary N) is 2. The molecule has 14 heteroatoms. The Morgan fingerprint density at radius 1 is 1.15 bits per heavy atom. The van der Waals surface area contributed by atoms with Crippen LogP contribution in [0.15, 0.2) is 23.9 Å². The lowest BCUT2D eigenvalue weighted by Gasteiger charge is -2.31. The Hall–Kier alpha value is -1.81. The van der Waals surface area contributed by atoms with Gasteiger partial charge in [0.15, 0.2) is 5.70 Å². The lowest BCUT2D eigenvalue weighted by molar-refractivity contribution is -0.137. The number of halogens is 8. The van der Waals surface area contributed by atoms with Crippen LogP contribution in [0.2, 0.25) is 10.0 Å². The van der Waals surface area contributed by atoms with E-state index in [9.17, 15) is 30.6 Å². The first-order valence-electron chi connectivity index (χ1n) is 6.19. The maximum Gasteiger partial charge on any atom is 0.527 e. The molecule has 1 aliphatic rings. The van der Waals surface area contributed by atoms with Gasteiger partial charge in [0, 0.05) is 0 Å². The van der Waals surface area contributed by atoms with Gasteiger partial charge in [-0.3, -0.25) is 0 Å². The van der Waals surface area contributed by atoms with E-state index in [-0.39, 0.29) is 12.1 Å². The lowest BCUT2D eigenvalue weighted by atomic mass is 10.2. The summed E-state index contributed by atoms with van der Waals surface area (Å²) in [5, 5.41) is 14.8. The van der Waals surface area contributed by atoms with Gasteiger partial charge in [0.05, 0.1) is 11.6 Å². The van der Waals surface area contributed by atoms with E-state index in [1.807, 2.05) is 5.43 Å². The first kappa shape index (κ1) is 20.5. The summed E-state index contributed by atoms with van der Waals surface area (Å²) in [6.45, 7) is 0. The maximum atomic E-state index is 13.1. The fourth-order valence-electron chi connectivity index (χ4n) is 2.12. The van der Waals surface area contributed by atoms with E-state index >= 15 is 0 Å². The van der Waals surface area contributed by atoms with Crippen LogP contribution in [0.1, 0.15) is 5.56 Å². The van der Waals surface area contributed by atoms with Crippen molar-refractivity contribution in [1.82, 2.24) is 9.42 Å². The molecular formula is C12H5Cl2F6N4OS+. The molecule has 0 saturated heterocycles. The highest BCUT2D eigenvalue weighted by Gasteiger charge is 2.62. The number of allylic oxidation sites excluding steroid dienone is 1. The number of nitriles is 1. The monoisotopic (exact) mass is 437 g/mol. The average Bonchev–Trinajstić information content (AvgIpc) is 2.81. The summed E-state index contributed by atoms with van der Waals surface area (Å²) in [5.74, 6) is -1.05. The zero-order valence-corrected chi connectivity index (χ0v) is 14.3. The van der Waals surface area contributed by atoms with Crippen LogP contribution in [0.5, 0.6) is 0 Å². The highest BCUT2D eigenvalue weighted by atomic mass is 35.5. The van der Waals surface area contributed by atoms with E-state index in [1.54, 1.807) is 0 Å². The summed E-state index contributed by atoms with van der Waals surface area (Å²) in [4.78, 5) is 0. The number of nitrogens with zero attached hydrogens (tertiary/aromatic N) is 2. The summed E-state index contributed by atoms with van der Waals surface area (Å²) < 4.78 is 87.9. The van der Waals surface area contributed by atoms with E-state index < -0.39 is 59.5 Å². The third-order valence-electron chi connectivity index (χ3n) is 3.12.